The maximum absolute atomic E-state index is 14.2. The third-order valence-electron chi connectivity index (χ3n) is 6.23. The Kier molecular flexibility index (Phi) is 10.4. The number of hydrogen-bond donors (Lipinski definition) is 4. The van der Waals surface area contributed by atoms with Crippen LogP contribution in [0.4, 0.5) is 8.78 Å². The van der Waals surface area contributed by atoms with Crippen LogP contribution in [0, 0.1) is 11.6 Å². The van der Waals surface area contributed by atoms with Gasteiger partial charge in [0.05, 0.1) is 14.5 Å². The zero-order valence-corrected chi connectivity index (χ0v) is 24.7. The molecule has 0 heterocycles. The van der Waals surface area contributed by atoms with Crippen molar-refractivity contribution in [1.82, 2.24) is 0 Å². The van der Waals surface area contributed by atoms with E-state index in [-0.39, 0.29) is 27.0 Å². The summed E-state index contributed by atoms with van der Waals surface area (Å²) in [6, 6.07) is 31.2. The first-order valence-corrected chi connectivity index (χ1v) is 14.0. The molecule has 0 aliphatic carbocycles. The number of hydrogen-bond acceptors (Lipinski definition) is 4. The minimum Gasteiger partial charge on any atom is -0.507 e. The van der Waals surface area contributed by atoms with Crippen molar-refractivity contribution in [3.8, 4) is 22.6 Å². The van der Waals surface area contributed by atoms with Crippen molar-refractivity contribution in [3.63, 3.8) is 0 Å². The number of aromatic hydroxyl groups is 2. The van der Waals surface area contributed by atoms with Crippen LogP contribution in [0.15, 0.2) is 114 Å². The molecule has 0 amide bonds. The van der Waals surface area contributed by atoms with E-state index in [2.05, 4.69) is 15.9 Å². The van der Waals surface area contributed by atoms with Gasteiger partial charge in [0, 0.05) is 16.6 Å². The highest BCUT2D eigenvalue weighted by molar-refractivity contribution is 9.10. The van der Waals surface area contributed by atoms with Gasteiger partial charge in [0.25, 0.3) is 0 Å². The minimum atomic E-state index is -1.81. The number of rotatable bonds is 2. The average Bonchev–Trinajstić information content (AvgIpc) is 2.99. The molecule has 6 rings (SSSR count). The molecule has 10 heteroatoms. The molecule has 4 nitrogen and oxygen atoms in total. The number of fused-ring (bicyclic) bond motifs is 2. The summed E-state index contributed by atoms with van der Waals surface area (Å²) < 4.78 is 27.7. The number of phenols is 2. The molecule has 0 saturated heterocycles. The average molecular weight is 670 g/mol. The largest absolute Gasteiger partial charge is 0.507 e. The van der Waals surface area contributed by atoms with Gasteiger partial charge in [-0.1, -0.05) is 108 Å². The first-order chi connectivity index (χ1) is 20.1. The predicted octanol–water partition coefficient (Wildman–Crippen LogP) is 8.47. The molecule has 0 atom stereocenters. The highest BCUT2D eigenvalue weighted by Gasteiger charge is 2.17. The molecular formula is C32H22BBrCl2F2O4. The smallest absolute Gasteiger partial charge is 0.491 e. The van der Waals surface area contributed by atoms with Crippen LogP contribution >= 0.6 is 39.1 Å². The summed E-state index contributed by atoms with van der Waals surface area (Å²) in [5.41, 5.74) is 0.567. The molecule has 212 valence electrons. The molecule has 0 bridgehead atoms. The first-order valence-electron chi connectivity index (χ1n) is 12.4. The van der Waals surface area contributed by atoms with Crippen LogP contribution in [0.1, 0.15) is 0 Å². The summed E-state index contributed by atoms with van der Waals surface area (Å²) in [6.45, 7) is 0. The monoisotopic (exact) mass is 668 g/mol. The van der Waals surface area contributed by atoms with Crippen LogP contribution in [0.25, 0.3) is 32.7 Å². The van der Waals surface area contributed by atoms with Gasteiger partial charge in [0.15, 0.2) is 0 Å². The fourth-order valence-corrected chi connectivity index (χ4v) is 5.03. The van der Waals surface area contributed by atoms with Crippen LogP contribution in [0.3, 0.4) is 0 Å². The van der Waals surface area contributed by atoms with Crippen LogP contribution < -0.4 is 5.46 Å². The molecule has 0 fully saturated rings. The molecular weight excluding hydrogens is 648 g/mol. The quantitative estimate of drug-likeness (QED) is 0.140. The fraction of sp³-hybridized carbons (Fsp3) is 0. The lowest BCUT2D eigenvalue weighted by Gasteiger charge is -2.11. The van der Waals surface area contributed by atoms with Crippen molar-refractivity contribution in [2.75, 3.05) is 0 Å². The van der Waals surface area contributed by atoms with Gasteiger partial charge >= 0.3 is 7.12 Å². The highest BCUT2D eigenvalue weighted by Crippen LogP contribution is 2.39. The van der Waals surface area contributed by atoms with Crippen molar-refractivity contribution < 1.29 is 29.0 Å². The molecule has 6 aromatic carbocycles. The minimum absolute atomic E-state index is 0.0415. The van der Waals surface area contributed by atoms with E-state index in [1.165, 1.54) is 24.3 Å². The Balaban J connectivity index is 0.000000153. The number of benzene rings is 6. The van der Waals surface area contributed by atoms with Crippen molar-refractivity contribution in [1.29, 1.82) is 0 Å². The Labute approximate surface area is 259 Å². The van der Waals surface area contributed by atoms with E-state index in [4.69, 9.17) is 33.2 Å². The number of halogens is 5. The topological polar surface area (TPSA) is 80.9 Å². The van der Waals surface area contributed by atoms with Crippen molar-refractivity contribution in [2.24, 2.45) is 0 Å². The Morgan fingerprint density at radius 3 is 1.71 bits per heavy atom. The van der Waals surface area contributed by atoms with Crippen molar-refractivity contribution in [3.05, 3.63) is 135 Å². The molecule has 0 aromatic heterocycles. The second-order valence-electron chi connectivity index (χ2n) is 8.92. The first kappa shape index (κ1) is 31.3. The van der Waals surface area contributed by atoms with Crippen LogP contribution in [0.2, 0.25) is 10.0 Å². The van der Waals surface area contributed by atoms with Gasteiger partial charge in [-0.25, -0.2) is 8.78 Å². The summed E-state index contributed by atoms with van der Waals surface area (Å²) in [6.07, 6.45) is 0. The SMILES string of the molecule is OB(O)c1cccc(Cl)c1F.Oc1ccc2ccccc2c1-c1cccc(Cl)c1F.Oc1ccc2ccccc2c1Br. The van der Waals surface area contributed by atoms with E-state index in [0.29, 0.717) is 11.1 Å². The van der Waals surface area contributed by atoms with Gasteiger partial charge in [0.2, 0.25) is 0 Å². The summed E-state index contributed by atoms with van der Waals surface area (Å²) in [5, 5.41) is 40.4. The van der Waals surface area contributed by atoms with Gasteiger partial charge in [-0.2, -0.15) is 0 Å². The van der Waals surface area contributed by atoms with Crippen LogP contribution in [0.5, 0.6) is 11.5 Å². The number of phenolic OH excluding ortho intramolecular Hbond substituents is 2. The molecule has 42 heavy (non-hydrogen) atoms. The second kappa shape index (κ2) is 14.0. The van der Waals surface area contributed by atoms with Crippen molar-refractivity contribution in [2.45, 2.75) is 0 Å². The molecule has 4 N–H and O–H groups in total. The standard InChI is InChI=1S/C16H10ClFO.C10H7BrO.C6H5BClFO2/c17-13-7-3-6-12(16(13)18)15-11-5-2-1-4-10(11)8-9-14(15)19;11-10-8-4-2-1-3-7(8)5-6-9(10)12;8-5-3-1-2-4(6(5)9)7(10)11/h1-9,19H;1-6,12H;1-3,10-11H. The van der Waals surface area contributed by atoms with E-state index < -0.39 is 18.8 Å². The lowest BCUT2D eigenvalue weighted by atomic mass is 9.80. The summed E-state index contributed by atoms with van der Waals surface area (Å²) in [5.74, 6) is -0.978. The Morgan fingerprint density at radius 1 is 0.571 bits per heavy atom. The van der Waals surface area contributed by atoms with Crippen molar-refractivity contribution >= 4 is 73.3 Å². The molecule has 6 aromatic rings. The zero-order valence-electron chi connectivity index (χ0n) is 21.6. The molecule has 0 spiro atoms. The van der Waals surface area contributed by atoms with Crippen LogP contribution in [-0.4, -0.2) is 27.4 Å². The third-order valence-corrected chi connectivity index (χ3v) is 7.65. The van der Waals surface area contributed by atoms with Gasteiger partial charge in [0.1, 0.15) is 23.1 Å². The second-order valence-corrected chi connectivity index (χ2v) is 10.5. The van der Waals surface area contributed by atoms with E-state index >= 15 is 0 Å². The maximum Gasteiger partial charge on any atom is 0.491 e. The molecule has 0 unspecified atom stereocenters. The lowest BCUT2D eigenvalue weighted by Crippen LogP contribution is -2.32. The normalized spacial score (nSPS) is 10.5. The van der Waals surface area contributed by atoms with Gasteiger partial charge in [-0.05, 0) is 61.7 Å². The maximum atomic E-state index is 14.2. The lowest BCUT2D eigenvalue weighted by molar-refractivity contribution is 0.423. The Morgan fingerprint density at radius 2 is 1.10 bits per heavy atom. The van der Waals surface area contributed by atoms with E-state index in [0.717, 1.165) is 26.0 Å². The van der Waals surface area contributed by atoms with E-state index in [1.807, 2.05) is 54.6 Å². The Bertz CT molecular complexity index is 1870. The molecule has 0 aliphatic rings. The van der Waals surface area contributed by atoms with Gasteiger partial charge < -0.3 is 20.3 Å². The van der Waals surface area contributed by atoms with E-state index in [1.54, 1.807) is 30.3 Å². The summed E-state index contributed by atoms with van der Waals surface area (Å²) >= 11 is 14.5. The Hall–Kier alpha value is -3.66. The van der Waals surface area contributed by atoms with Gasteiger partial charge in [-0.3, -0.25) is 0 Å². The zero-order chi connectivity index (χ0) is 30.4. The molecule has 0 saturated carbocycles. The van der Waals surface area contributed by atoms with Gasteiger partial charge in [-0.15, -0.1) is 0 Å². The van der Waals surface area contributed by atoms with E-state index in [9.17, 15) is 19.0 Å². The molecule has 0 radical (unpaired) electrons. The fourth-order valence-electron chi connectivity index (χ4n) is 4.18. The summed E-state index contributed by atoms with van der Waals surface area (Å²) in [7, 11) is -1.81. The van der Waals surface area contributed by atoms with Crippen LogP contribution in [-0.2, 0) is 0 Å². The summed E-state index contributed by atoms with van der Waals surface area (Å²) in [4.78, 5) is 0. The third kappa shape index (κ3) is 7.03. The molecule has 0 aliphatic heterocycles. The predicted molar refractivity (Wildman–Crippen MR) is 171 cm³/mol. The highest BCUT2D eigenvalue weighted by atomic mass is 79.9.